The lowest BCUT2D eigenvalue weighted by Gasteiger charge is -2.32. The van der Waals surface area contributed by atoms with Gasteiger partial charge >= 0.3 is 12.1 Å². The van der Waals surface area contributed by atoms with E-state index in [-0.39, 0.29) is 6.42 Å². The minimum absolute atomic E-state index is 0.293. The number of hydrogen-bond acceptors (Lipinski definition) is 3. The molecule has 0 spiro atoms. The topological polar surface area (TPSA) is 52.3 Å². The van der Waals surface area contributed by atoms with Crippen LogP contribution in [0.2, 0.25) is 5.02 Å². The first-order valence-electron chi connectivity index (χ1n) is 6.64. The molecule has 1 aromatic rings. The summed E-state index contributed by atoms with van der Waals surface area (Å²) in [6, 6.07) is 6.12. The Morgan fingerprint density at radius 2 is 1.68 bits per heavy atom. The molecule has 0 heterocycles. The molecule has 0 saturated heterocycles. The van der Waals surface area contributed by atoms with Gasteiger partial charge in [-0.1, -0.05) is 23.7 Å². The summed E-state index contributed by atoms with van der Waals surface area (Å²) in [7, 11) is 0. The third kappa shape index (κ3) is 6.23. The fourth-order valence-corrected chi connectivity index (χ4v) is 2.04. The molecule has 1 rings (SSSR count). The Bertz CT molecular complexity index is 523. The standard InChI is InChI=1S/C15H19ClF3NO2/c1-13(2,3)22-12(21)14(20,9-15(17,18)19)8-10-4-6-11(16)7-5-10/h4-7H,8-9,20H2,1-3H3/t14-/m1/s1. The summed E-state index contributed by atoms with van der Waals surface area (Å²) in [6.45, 7) is 4.71. The number of carbonyl (C=O) groups is 1. The molecule has 0 radical (unpaired) electrons. The van der Waals surface area contributed by atoms with Gasteiger partial charge in [0, 0.05) is 11.4 Å². The van der Waals surface area contributed by atoms with Crippen molar-refractivity contribution >= 4 is 17.6 Å². The molecule has 3 nitrogen and oxygen atoms in total. The number of carbonyl (C=O) groups excluding carboxylic acids is 1. The first-order valence-corrected chi connectivity index (χ1v) is 7.02. The SMILES string of the molecule is CC(C)(C)OC(=O)[C@@](N)(Cc1ccc(Cl)cc1)CC(F)(F)F. The molecule has 0 aliphatic carbocycles. The highest BCUT2D eigenvalue weighted by Crippen LogP contribution is 2.30. The fraction of sp³-hybridized carbons (Fsp3) is 0.533. The molecule has 0 unspecified atom stereocenters. The second-order valence-electron chi connectivity index (χ2n) is 6.25. The van der Waals surface area contributed by atoms with Crippen LogP contribution in [0.4, 0.5) is 13.2 Å². The van der Waals surface area contributed by atoms with Crippen molar-refractivity contribution in [2.75, 3.05) is 0 Å². The summed E-state index contributed by atoms with van der Waals surface area (Å²) in [5.41, 5.74) is 3.15. The normalized spacial score (nSPS) is 15.3. The van der Waals surface area contributed by atoms with Crippen molar-refractivity contribution < 1.29 is 22.7 Å². The van der Waals surface area contributed by atoms with Gasteiger partial charge in [0.05, 0.1) is 6.42 Å². The van der Waals surface area contributed by atoms with Crippen LogP contribution in [0.25, 0.3) is 0 Å². The maximum Gasteiger partial charge on any atom is 0.391 e. The molecule has 1 atom stereocenters. The first kappa shape index (κ1) is 18.8. The molecule has 7 heteroatoms. The summed E-state index contributed by atoms with van der Waals surface area (Å²) in [5.74, 6) is -1.08. The molecule has 0 aliphatic heterocycles. The molecule has 124 valence electrons. The summed E-state index contributed by atoms with van der Waals surface area (Å²) in [6.07, 6.45) is -6.34. The van der Waals surface area contributed by atoms with Crippen molar-refractivity contribution in [2.45, 2.75) is 50.9 Å². The highest BCUT2D eigenvalue weighted by atomic mass is 35.5. The summed E-state index contributed by atoms with van der Waals surface area (Å²) in [5, 5.41) is 0.444. The van der Waals surface area contributed by atoms with Gasteiger partial charge in [-0.05, 0) is 38.5 Å². The van der Waals surface area contributed by atoms with Crippen LogP contribution >= 0.6 is 11.6 Å². The van der Waals surface area contributed by atoms with E-state index in [2.05, 4.69) is 0 Å². The fourth-order valence-electron chi connectivity index (χ4n) is 1.91. The Morgan fingerprint density at radius 3 is 2.09 bits per heavy atom. The first-order chi connectivity index (χ1) is 9.81. The van der Waals surface area contributed by atoms with Crippen LogP contribution in [-0.4, -0.2) is 23.3 Å². The van der Waals surface area contributed by atoms with E-state index in [1.54, 1.807) is 20.8 Å². The van der Waals surface area contributed by atoms with Crippen molar-refractivity contribution in [3.05, 3.63) is 34.9 Å². The van der Waals surface area contributed by atoms with E-state index >= 15 is 0 Å². The third-order valence-corrected chi connectivity index (χ3v) is 3.01. The average molecular weight is 338 g/mol. The molecule has 0 saturated carbocycles. The zero-order chi connectivity index (χ0) is 17.2. The number of hydrogen-bond donors (Lipinski definition) is 1. The second kappa shape index (κ2) is 6.46. The number of alkyl halides is 3. The monoisotopic (exact) mass is 337 g/mol. The summed E-state index contributed by atoms with van der Waals surface area (Å²) in [4.78, 5) is 12.2. The Hall–Kier alpha value is -1.27. The van der Waals surface area contributed by atoms with Crippen LogP contribution in [0, 0.1) is 0 Å². The van der Waals surface area contributed by atoms with E-state index < -0.39 is 29.7 Å². The Kier molecular flexibility index (Phi) is 5.51. The predicted octanol–water partition coefficient (Wildman–Crippen LogP) is 3.87. The van der Waals surface area contributed by atoms with E-state index in [0.29, 0.717) is 10.6 Å². The summed E-state index contributed by atoms with van der Waals surface area (Å²) >= 11 is 5.74. The molecule has 1 aromatic carbocycles. The van der Waals surface area contributed by atoms with Gasteiger partial charge in [-0.3, -0.25) is 4.79 Å². The van der Waals surface area contributed by atoms with Crippen molar-refractivity contribution in [1.82, 2.24) is 0 Å². The highest BCUT2D eigenvalue weighted by molar-refractivity contribution is 6.30. The minimum Gasteiger partial charge on any atom is -0.459 e. The molecule has 22 heavy (non-hydrogen) atoms. The Balaban J connectivity index is 3.05. The van der Waals surface area contributed by atoms with E-state index in [1.807, 2.05) is 0 Å². The lowest BCUT2D eigenvalue weighted by molar-refractivity contribution is -0.179. The van der Waals surface area contributed by atoms with Crippen molar-refractivity contribution in [2.24, 2.45) is 5.73 Å². The van der Waals surface area contributed by atoms with Gasteiger partial charge in [-0.15, -0.1) is 0 Å². The van der Waals surface area contributed by atoms with Crippen LogP contribution in [0.1, 0.15) is 32.8 Å². The van der Waals surface area contributed by atoms with Gasteiger partial charge in [-0.2, -0.15) is 13.2 Å². The molecular formula is C15H19ClF3NO2. The molecule has 2 N–H and O–H groups in total. The van der Waals surface area contributed by atoms with Crippen molar-refractivity contribution in [1.29, 1.82) is 0 Å². The quantitative estimate of drug-likeness (QED) is 0.848. The van der Waals surface area contributed by atoms with Gasteiger partial charge in [0.1, 0.15) is 11.1 Å². The largest absolute Gasteiger partial charge is 0.459 e. The maximum absolute atomic E-state index is 12.8. The van der Waals surface area contributed by atoms with Gasteiger partial charge in [-0.25, -0.2) is 0 Å². The third-order valence-electron chi connectivity index (χ3n) is 2.75. The highest BCUT2D eigenvalue weighted by Gasteiger charge is 2.47. The number of halogens is 4. The molecule has 0 aromatic heterocycles. The lowest BCUT2D eigenvalue weighted by Crippen LogP contribution is -2.55. The van der Waals surface area contributed by atoms with Crippen molar-refractivity contribution in [3.8, 4) is 0 Å². The molecule has 0 amide bonds. The van der Waals surface area contributed by atoms with Crippen LogP contribution in [0.5, 0.6) is 0 Å². The minimum atomic E-state index is -4.59. The smallest absolute Gasteiger partial charge is 0.391 e. The molecule has 0 fully saturated rings. The van der Waals surface area contributed by atoms with E-state index in [9.17, 15) is 18.0 Å². The van der Waals surface area contributed by atoms with Crippen LogP contribution in [0.3, 0.4) is 0 Å². The van der Waals surface area contributed by atoms with E-state index in [0.717, 1.165) is 0 Å². The van der Waals surface area contributed by atoms with E-state index in [4.69, 9.17) is 22.1 Å². The zero-order valence-corrected chi connectivity index (χ0v) is 13.4. The van der Waals surface area contributed by atoms with Crippen LogP contribution in [0.15, 0.2) is 24.3 Å². The van der Waals surface area contributed by atoms with Crippen molar-refractivity contribution in [3.63, 3.8) is 0 Å². The van der Waals surface area contributed by atoms with Crippen LogP contribution < -0.4 is 5.73 Å². The number of benzene rings is 1. The number of esters is 1. The lowest BCUT2D eigenvalue weighted by atomic mass is 9.88. The molecule has 0 bridgehead atoms. The van der Waals surface area contributed by atoms with E-state index in [1.165, 1.54) is 24.3 Å². The molecule has 0 aliphatic rings. The van der Waals surface area contributed by atoms with Gasteiger partial charge in [0.25, 0.3) is 0 Å². The maximum atomic E-state index is 12.8. The molecular weight excluding hydrogens is 319 g/mol. The summed E-state index contributed by atoms with van der Waals surface area (Å²) < 4.78 is 43.5. The average Bonchev–Trinajstić information content (AvgIpc) is 2.27. The number of rotatable bonds is 4. The predicted molar refractivity (Wildman–Crippen MR) is 78.6 cm³/mol. The Morgan fingerprint density at radius 1 is 1.18 bits per heavy atom. The second-order valence-corrected chi connectivity index (χ2v) is 6.69. The number of ether oxygens (including phenoxy) is 1. The van der Waals surface area contributed by atoms with Crippen LogP contribution in [-0.2, 0) is 16.0 Å². The van der Waals surface area contributed by atoms with Gasteiger partial charge in [0.2, 0.25) is 0 Å². The Labute approximate surface area is 132 Å². The number of nitrogens with two attached hydrogens (primary N) is 1. The zero-order valence-electron chi connectivity index (χ0n) is 12.6. The van der Waals surface area contributed by atoms with Gasteiger partial charge < -0.3 is 10.5 Å². The van der Waals surface area contributed by atoms with Gasteiger partial charge in [0.15, 0.2) is 0 Å².